The summed E-state index contributed by atoms with van der Waals surface area (Å²) in [5, 5.41) is 0. The van der Waals surface area contributed by atoms with Crippen molar-refractivity contribution in [2.24, 2.45) is 0 Å². The van der Waals surface area contributed by atoms with E-state index in [1.165, 1.54) is 0 Å². The van der Waals surface area contributed by atoms with Crippen molar-refractivity contribution < 1.29 is 9.59 Å². The monoisotopic (exact) mass is 428 g/mol. The molecule has 1 aliphatic rings. The van der Waals surface area contributed by atoms with E-state index in [4.69, 9.17) is 4.98 Å². The van der Waals surface area contributed by atoms with Crippen LogP contribution in [0, 0.1) is 6.92 Å². The Morgan fingerprint density at radius 1 is 1.12 bits per heavy atom. The van der Waals surface area contributed by atoms with E-state index in [0.717, 1.165) is 28.1 Å². The number of anilines is 1. The van der Waals surface area contributed by atoms with Gasteiger partial charge in [0.25, 0.3) is 0 Å². The van der Waals surface area contributed by atoms with Gasteiger partial charge in [0.2, 0.25) is 11.8 Å². The Balaban J connectivity index is 1.68. The molecule has 164 valence electrons. The topological polar surface area (TPSA) is 58.4 Å². The third kappa shape index (κ3) is 4.08. The molecule has 0 radical (unpaired) electrons. The van der Waals surface area contributed by atoms with Crippen LogP contribution in [0.3, 0.4) is 0 Å². The number of amides is 2. The van der Waals surface area contributed by atoms with Crippen molar-refractivity contribution in [3.63, 3.8) is 0 Å². The molecule has 2 heterocycles. The number of aromatic nitrogens is 2. The lowest BCUT2D eigenvalue weighted by atomic mass is 10.1. The molecule has 0 saturated carbocycles. The first kappa shape index (κ1) is 21.6. The molecule has 0 N–H and O–H groups in total. The lowest BCUT2D eigenvalue weighted by Crippen LogP contribution is -2.34. The van der Waals surface area contributed by atoms with Crippen molar-refractivity contribution in [2.45, 2.75) is 25.8 Å². The maximum Gasteiger partial charge on any atom is 0.243 e. The molecule has 1 aliphatic heterocycles. The molecule has 0 spiro atoms. The maximum atomic E-state index is 13.1. The number of fused-ring (bicyclic) bond motifs is 1. The Morgan fingerprint density at radius 3 is 2.53 bits per heavy atom. The van der Waals surface area contributed by atoms with Gasteiger partial charge in [-0.15, -0.1) is 13.2 Å². The van der Waals surface area contributed by atoms with E-state index in [1.807, 2.05) is 64.9 Å². The molecule has 32 heavy (non-hydrogen) atoms. The van der Waals surface area contributed by atoms with E-state index in [2.05, 4.69) is 13.2 Å². The first-order chi connectivity index (χ1) is 15.5. The van der Waals surface area contributed by atoms with E-state index >= 15 is 0 Å². The number of aryl methyl sites for hydroxylation is 1. The summed E-state index contributed by atoms with van der Waals surface area (Å²) >= 11 is 0. The molecule has 3 aromatic rings. The Morgan fingerprint density at radius 2 is 1.81 bits per heavy atom. The van der Waals surface area contributed by atoms with Crippen LogP contribution in [-0.2, 0) is 16.1 Å². The quantitative estimate of drug-likeness (QED) is 0.508. The molecule has 1 unspecified atom stereocenters. The van der Waals surface area contributed by atoms with Gasteiger partial charge in [0.15, 0.2) is 0 Å². The Hall–Kier alpha value is -3.67. The van der Waals surface area contributed by atoms with Crippen molar-refractivity contribution in [1.29, 1.82) is 0 Å². The number of benzene rings is 2. The van der Waals surface area contributed by atoms with Crippen LogP contribution >= 0.6 is 0 Å². The molecule has 1 atom stereocenters. The minimum absolute atomic E-state index is 0.0331. The fourth-order valence-electron chi connectivity index (χ4n) is 4.38. The third-order valence-corrected chi connectivity index (χ3v) is 5.93. The lowest BCUT2D eigenvalue weighted by Gasteiger charge is -2.22. The van der Waals surface area contributed by atoms with Gasteiger partial charge in [-0.05, 0) is 30.7 Å². The smallest absolute Gasteiger partial charge is 0.243 e. The molecular weight excluding hydrogens is 400 g/mol. The molecule has 0 aliphatic carbocycles. The summed E-state index contributed by atoms with van der Waals surface area (Å²) in [5.74, 6) is 0.735. The lowest BCUT2D eigenvalue weighted by molar-refractivity contribution is -0.130. The molecule has 4 rings (SSSR count). The standard InChI is InChI=1S/C26H28N4O2/c1-4-14-28(15-5-2)25(32)18-30-23-13-9-7-11-21(23)27-26(30)20-16-24(31)29(17-20)22-12-8-6-10-19(22)3/h4-13,20H,1-2,14-18H2,3H3. The molecule has 0 bridgehead atoms. The number of carbonyl (C=O) groups is 2. The van der Waals surface area contributed by atoms with Crippen LogP contribution in [0.25, 0.3) is 11.0 Å². The molecular formula is C26H28N4O2. The zero-order chi connectivity index (χ0) is 22.7. The number of imidazole rings is 1. The van der Waals surface area contributed by atoms with Crippen LogP contribution in [-0.4, -0.2) is 45.9 Å². The molecule has 6 nitrogen and oxygen atoms in total. The van der Waals surface area contributed by atoms with Gasteiger partial charge in [-0.1, -0.05) is 42.5 Å². The number of hydrogen-bond donors (Lipinski definition) is 0. The first-order valence-electron chi connectivity index (χ1n) is 10.8. The van der Waals surface area contributed by atoms with Crippen molar-refractivity contribution in [2.75, 3.05) is 24.5 Å². The third-order valence-electron chi connectivity index (χ3n) is 5.93. The number of nitrogens with zero attached hydrogens (tertiary/aromatic N) is 4. The number of para-hydroxylation sites is 3. The normalized spacial score (nSPS) is 15.8. The van der Waals surface area contributed by atoms with Gasteiger partial charge in [0.1, 0.15) is 12.4 Å². The van der Waals surface area contributed by atoms with Crippen molar-refractivity contribution in [3.05, 3.63) is 85.2 Å². The minimum Gasteiger partial charge on any atom is -0.334 e. The van der Waals surface area contributed by atoms with Crippen LogP contribution in [0.5, 0.6) is 0 Å². The second kappa shape index (κ2) is 9.22. The van der Waals surface area contributed by atoms with Crippen LogP contribution in [0.15, 0.2) is 73.8 Å². The summed E-state index contributed by atoms with van der Waals surface area (Å²) in [6.45, 7) is 11.1. The van der Waals surface area contributed by atoms with Crippen LogP contribution in [0.2, 0.25) is 0 Å². The molecule has 1 fully saturated rings. The fraction of sp³-hybridized carbons (Fsp3) is 0.269. The Kier molecular flexibility index (Phi) is 6.21. The van der Waals surface area contributed by atoms with Gasteiger partial charge >= 0.3 is 0 Å². The second-order valence-corrected chi connectivity index (χ2v) is 8.11. The highest BCUT2D eigenvalue weighted by Gasteiger charge is 2.35. The van der Waals surface area contributed by atoms with Crippen LogP contribution < -0.4 is 4.90 Å². The molecule has 1 aromatic heterocycles. The predicted molar refractivity (Wildman–Crippen MR) is 128 cm³/mol. The van der Waals surface area contributed by atoms with E-state index in [-0.39, 0.29) is 24.3 Å². The highest BCUT2D eigenvalue weighted by Crippen LogP contribution is 2.34. The Bertz CT molecular complexity index is 1170. The molecule has 6 heteroatoms. The molecule has 2 amide bonds. The summed E-state index contributed by atoms with van der Waals surface area (Å²) in [7, 11) is 0. The van der Waals surface area contributed by atoms with Crippen molar-refractivity contribution >= 4 is 28.5 Å². The van der Waals surface area contributed by atoms with Crippen LogP contribution in [0.1, 0.15) is 23.7 Å². The number of hydrogen-bond acceptors (Lipinski definition) is 3. The van der Waals surface area contributed by atoms with E-state index in [1.54, 1.807) is 17.1 Å². The SMILES string of the molecule is C=CCN(CC=C)C(=O)Cn1c(C2CC(=O)N(c3ccccc3C)C2)nc2ccccc21. The van der Waals surface area contributed by atoms with Gasteiger partial charge in [0, 0.05) is 37.7 Å². The van der Waals surface area contributed by atoms with Crippen molar-refractivity contribution in [1.82, 2.24) is 14.5 Å². The predicted octanol–water partition coefficient (Wildman–Crippen LogP) is 4.07. The van der Waals surface area contributed by atoms with Gasteiger partial charge in [-0.2, -0.15) is 0 Å². The van der Waals surface area contributed by atoms with E-state index < -0.39 is 0 Å². The second-order valence-electron chi connectivity index (χ2n) is 8.11. The first-order valence-corrected chi connectivity index (χ1v) is 10.8. The fourth-order valence-corrected chi connectivity index (χ4v) is 4.38. The average Bonchev–Trinajstić information content (AvgIpc) is 3.34. The molecule has 2 aromatic carbocycles. The van der Waals surface area contributed by atoms with Gasteiger partial charge in [-0.3, -0.25) is 9.59 Å². The van der Waals surface area contributed by atoms with Gasteiger partial charge < -0.3 is 14.4 Å². The summed E-state index contributed by atoms with van der Waals surface area (Å²) in [6, 6.07) is 15.7. The summed E-state index contributed by atoms with van der Waals surface area (Å²) in [4.78, 5) is 34.4. The summed E-state index contributed by atoms with van der Waals surface area (Å²) in [6.07, 6.45) is 3.79. The van der Waals surface area contributed by atoms with Gasteiger partial charge in [0.05, 0.1) is 11.0 Å². The Labute approximate surface area is 188 Å². The maximum absolute atomic E-state index is 13.1. The average molecular weight is 429 g/mol. The summed E-state index contributed by atoms with van der Waals surface area (Å²) < 4.78 is 1.97. The zero-order valence-electron chi connectivity index (χ0n) is 18.4. The number of carbonyl (C=O) groups excluding carboxylic acids is 2. The van der Waals surface area contributed by atoms with E-state index in [9.17, 15) is 9.59 Å². The van der Waals surface area contributed by atoms with Crippen LogP contribution in [0.4, 0.5) is 5.69 Å². The highest BCUT2D eigenvalue weighted by atomic mass is 16.2. The summed E-state index contributed by atoms with van der Waals surface area (Å²) in [5.41, 5.74) is 3.72. The van der Waals surface area contributed by atoms with Crippen molar-refractivity contribution in [3.8, 4) is 0 Å². The number of rotatable bonds is 8. The largest absolute Gasteiger partial charge is 0.334 e. The molecule has 1 saturated heterocycles. The van der Waals surface area contributed by atoms with Gasteiger partial charge in [-0.25, -0.2) is 4.98 Å². The van der Waals surface area contributed by atoms with E-state index in [0.29, 0.717) is 26.1 Å². The zero-order valence-corrected chi connectivity index (χ0v) is 18.4. The highest BCUT2D eigenvalue weighted by molar-refractivity contribution is 5.97. The minimum atomic E-state index is -0.0884.